The van der Waals surface area contributed by atoms with Gasteiger partial charge < -0.3 is 9.88 Å². The lowest BCUT2D eigenvalue weighted by atomic mass is 10.1. The van der Waals surface area contributed by atoms with Gasteiger partial charge in [0.1, 0.15) is 5.82 Å². The van der Waals surface area contributed by atoms with E-state index in [2.05, 4.69) is 15.5 Å². The first-order valence-corrected chi connectivity index (χ1v) is 10.7. The van der Waals surface area contributed by atoms with Crippen LogP contribution in [0.15, 0.2) is 29.4 Å². The largest absolute Gasteiger partial charge is 0.325 e. The lowest BCUT2D eigenvalue weighted by molar-refractivity contribution is -0.113. The van der Waals surface area contributed by atoms with E-state index < -0.39 is 9.84 Å². The Kier molecular flexibility index (Phi) is 5.14. The third kappa shape index (κ3) is 4.21. The number of aromatic nitrogens is 3. The van der Waals surface area contributed by atoms with Gasteiger partial charge in [0.2, 0.25) is 5.91 Å². The Morgan fingerprint density at radius 2 is 2.12 bits per heavy atom. The van der Waals surface area contributed by atoms with E-state index >= 15 is 0 Å². The molecule has 0 aliphatic carbocycles. The van der Waals surface area contributed by atoms with Gasteiger partial charge in [-0.2, -0.15) is 0 Å². The van der Waals surface area contributed by atoms with Crippen LogP contribution in [0.1, 0.15) is 23.7 Å². The lowest BCUT2D eigenvalue weighted by Gasteiger charge is -2.09. The van der Waals surface area contributed by atoms with Gasteiger partial charge in [-0.1, -0.05) is 30.0 Å². The monoisotopic (exact) mass is 380 g/mol. The predicted molar refractivity (Wildman–Crippen MR) is 97.5 cm³/mol. The summed E-state index contributed by atoms with van der Waals surface area (Å²) in [7, 11) is -1.16. The molecular weight excluding hydrogens is 360 g/mol. The maximum absolute atomic E-state index is 12.1. The number of para-hydroxylation sites is 1. The minimum Gasteiger partial charge on any atom is -0.325 e. The fourth-order valence-electron chi connectivity index (χ4n) is 2.84. The third-order valence-electron chi connectivity index (χ3n) is 4.22. The molecule has 1 aromatic carbocycles. The second-order valence-electron chi connectivity index (χ2n) is 6.15. The summed E-state index contributed by atoms with van der Waals surface area (Å²) in [5.74, 6) is 0.972. The molecule has 2 aromatic rings. The molecule has 9 heteroatoms. The number of benzene rings is 1. The Balaban J connectivity index is 1.61. The molecule has 0 radical (unpaired) electrons. The van der Waals surface area contributed by atoms with E-state index in [1.165, 1.54) is 11.8 Å². The zero-order chi connectivity index (χ0) is 18.0. The molecule has 1 amide bonds. The summed E-state index contributed by atoms with van der Waals surface area (Å²) in [6.07, 6.45) is 0.576. The van der Waals surface area contributed by atoms with Crippen molar-refractivity contribution in [3.05, 3.63) is 35.7 Å². The van der Waals surface area contributed by atoms with E-state index in [0.29, 0.717) is 17.4 Å². The predicted octanol–water partition coefficient (Wildman–Crippen LogP) is 1.76. The van der Waals surface area contributed by atoms with Gasteiger partial charge in [0.15, 0.2) is 15.0 Å². The van der Waals surface area contributed by atoms with Crippen molar-refractivity contribution in [2.75, 3.05) is 22.6 Å². The molecule has 0 saturated carbocycles. The zero-order valence-electron chi connectivity index (χ0n) is 14.1. The standard InChI is InChI=1S/C16H20N4O3S2/c1-11-5-3-4-6-13(11)17-14(21)9-24-16-19-18-15(20(16)2)12-7-8-25(22,23)10-12/h3-6,12H,7-10H2,1-2H3,(H,17,21). The average Bonchev–Trinajstić information content (AvgIpc) is 3.10. The number of amides is 1. The summed E-state index contributed by atoms with van der Waals surface area (Å²) in [4.78, 5) is 12.1. The number of nitrogens with zero attached hydrogens (tertiary/aromatic N) is 3. The maximum atomic E-state index is 12.1. The second-order valence-corrected chi connectivity index (χ2v) is 9.32. The van der Waals surface area contributed by atoms with Crippen molar-refractivity contribution in [3.63, 3.8) is 0 Å². The molecule has 1 aromatic heterocycles. The lowest BCUT2D eigenvalue weighted by Crippen LogP contribution is -2.15. The summed E-state index contributed by atoms with van der Waals surface area (Å²) in [5.41, 5.74) is 1.80. The minimum absolute atomic E-state index is 0.113. The molecule has 25 heavy (non-hydrogen) atoms. The normalized spacial score (nSPS) is 19.0. The van der Waals surface area contributed by atoms with Crippen molar-refractivity contribution in [3.8, 4) is 0 Å². The molecule has 3 rings (SSSR count). The number of sulfone groups is 1. The molecule has 1 saturated heterocycles. The highest BCUT2D eigenvalue weighted by atomic mass is 32.2. The number of hydrogen-bond donors (Lipinski definition) is 1. The highest BCUT2D eigenvalue weighted by molar-refractivity contribution is 7.99. The highest BCUT2D eigenvalue weighted by Gasteiger charge is 2.32. The van der Waals surface area contributed by atoms with E-state index in [4.69, 9.17) is 0 Å². The van der Waals surface area contributed by atoms with Crippen LogP contribution < -0.4 is 5.32 Å². The van der Waals surface area contributed by atoms with Crippen LogP contribution in [0.3, 0.4) is 0 Å². The summed E-state index contributed by atoms with van der Waals surface area (Å²) < 4.78 is 25.1. The fraction of sp³-hybridized carbons (Fsp3) is 0.438. The molecule has 1 atom stereocenters. The Morgan fingerprint density at radius 1 is 1.36 bits per heavy atom. The van der Waals surface area contributed by atoms with E-state index in [-0.39, 0.29) is 29.1 Å². The number of thioether (sulfide) groups is 1. The number of nitrogens with one attached hydrogen (secondary N) is 1. The van der Waals surface area contributed by atoms with E-state index in [1.807, 2.05) is 38.2 Å². The fourth-order valence-corrected chi connectivity index (χ4v) is 5.29. The van der Waals surface area contributed by atoms with Crippen molar-refractivity contribution in [1.82, 2.24) is 14.8 Å². The first-order valence-electron chi connectivity index (χ1n) is 7.94. The Morgan fingerprint density at radius 3 is 2.80 bits per heavy atom. The number of carbonyl (C=O) groups is 1. The number of carbonyl (C=O) groups excluding carboxylic acids is 1. The average molecular weight is 380 g/mol. The molecule has 2 heterocycles. The van der Waals surface area contributed by atoms with Crippen molar-refractivity contribution in [2.24, 2.45) is 7.05 Å². The van der Waals surface area contributed by atoms with E-state index in [1.54, 1.807) is 4.57 Å². The van der Waals surface area contributed by atoms with Crippen molar-refractivity contribution >= 4 is 33.2 Å². The first-order chi connectivity index (χ1) is 11.9. The number of rotatable bonds is 5. The van der Waals surface area contributed by atoms with Crippen molar-refractivity contribution < 1.29 is 13.2 Å². The van der Waals surface area contributed by atoms with Gasteiger partial charge in [-0.25, -0.2) is 8.42 Å². The molecule has 1 aliphatic heterocycles. The van der Waals surface area contributed by atoms with Gasteiger partial charge in [-0.05, 0) is 25.0 Å². The minimum atomic E-state index is -2.97. The Labute approximate surface area is 151 Å². The summed E-state index contributed by atoms with van der Waals surface area (Å²) in [6, 6.07) is 7.59. The number of hydrogen-bond acceptors (Lipinski definition) is 6. The molecular formula is C16H20N4O3S2. The Hall–Kier alpha value is -1.87. The highest BCUT2D eigenvalue weighted by Crippen LogP contribution is 2.29. The van der Waals surface area contributed by atoms with Crippen LogP contribution in [0, 0.1) is 6.92 Å². The van der Waals surface area contributed by atoms with Crippen LogP contribution in [0.25, 0.3) is 0 Å². The van der Waals surface area contributed by atoms with E-state index in [9.17, 15) is 13.2 Å². The summed E-state index contributed by atoms with van der Waals surface area (Å²) in [5, 5.41) is 11.7. The van der Waals surface area contributed by atoms with Crippen molar-refractivity contribution in [2.45, 2.75) is 24.4 Å². The van der Waals surface area contributed by atoms with Gasteiger partial charge in [0.05, 0.1) is 17.3 Å². The maximum Gasteiger partial charge on any atom is 0.234 e. The quantitative estimate of drug-likeness (QED) is 0.795. The molecule has 134 valence electrons. The zero-order valence-corrected chi connectivity index (χ0v) is 15.7. The molecule has 1 N–H and O–H groups in total. The van der Waals surface area contributed by atoms with Gasteiger partial charge in [0, 0.05) is 18.7 Å². The molecule has 1 aliphatic rings. The smallest absolute Gasteiger partial charge is 0.234 e. The van der Waals surface area contributed by atoms with Crippen molar-refractivity contribution in [1.29, 1.82) is 0 Å². The van der Waals surface area contributed by atoms with Gasteiger partial charge >= 0.3 is 0 Å². The molecule has 1 unspecified atom stereocenters. The Bertz CT molecular complexity index is 893. The molecule has 0 bridgehead atoms. The molecule has 0 spiro atoms. The van der Waals surface area contributed by atoms with Crippen LogP contribution in [-0.2, 0) is 21.7 Å². The van der Waals surface area contributed by atoms with Gasteiger partial charge in [0.25, 0.3) is 0 Å². The SMILES string of the molecule is Cc1ccccc1NC(=O)CSc1nnc(C2CCS(=O)(=O)C2)n1C. The summed E-state index contributed by atoms with van der Waals surface area (Å²) >= 11 is 1.29. The van der Waals surface area contributed by atoms with Crippen LogP contribution in [0.4, 0.5) is 5.69 Å². The molecule has 7 nitrogen and oxygen atoms in total. The summed E-state index contributed by atoms with van der Waals surface area (Å²) in [6.45, 7) is 1.94. The van der Waals surface area contributed by atoms with Crippen LogP contribution >= 0.6 is 11.8 Å². The van der Waals surface area contributed by atoms with Gasteiger partial charge in [-0.3, -0.25) is 4.79 Å². The number of aryl methyl sites for hydroxylation is 1. The van der Waals surface area contributed by atoms with Crippen LogP contribution in [0.2, 0.25) is 0 Å². The molecule has 1 fully saturated rings. The van der Waals surface area contributed by atoms with Crippen LogP contribution in [0.5, 0.6) is 0 Å². The third-order valence-corrected chi connectivity index (χ3v) is 7.01. The topological polar surface area (TPSA) is 94.0 Å². The van der Waals surface area contributed by atoms with Gasteiger partial charge in [-0.15, -0.1) is 10.2 Å². The first kappa shape index (κ1) is 17.9. The van der Waals surface area contributed by atoms with E-state index in [0.717, 1.165) is 11.3 Å². The van der Waals surface area contributed by atoms with Crippen LogP contribution in [-0.4, -0.2) is 46.3 Å². The number of anilines is 1. The second kappa shape index (κ2) is 7.17.